The Balaban J connectivity index is 1.42. The van der Waals surface area contributed by atoms with E-state index in [1.165, 1.54) is 22.5 Å². The molecule has 1 heterocycles. The fourth-order valence-corrected chi connectivity index (χ4v) is 3.76. The molecular formula is C23H19N3OS. The molecule has 0 unspecified atom stereocenters. The van der Waals surface area contributed by atoms with Gasteiger partial charge in [-0.3, -0.25) is 10.1 Å². The van der Waals surface area contributed by atoms with Crippen molar-refractivity contribution in [2.75, 3.05) is 5.32 Å². The minimum absolute atomic E-state index is 0.183. The highest BCUT2D eigenvalue weighted by Crippen LogP contribution is 2.22. The van der Waals surface area contributed by atoms with Crippen LogP contribution >= 0.6 is 11.3 Å². The summed E-state index contributed by atoms with van der Waals surface area (Å²) in [7, 11) is 0. The molecule has 0 spiro atoms. The summed E-state index contributed by atoms with van der Waals surface area (Å²) in [5.74, 6) is -0.183. The van der Waals surface area contributed by atoms with Crippen LogP contribution in [0.5, 0.6) is 0 Å². The third-order valence-corrected chi connectivity index (χ3v) is 5.22. The zero-order chi connectivity index (χ0) is 19.3. The number of aryl methyl sites for hydroxylation is 1. The van der Waals surface area contributed by atoms with Gasteiger partial charge in [0, 0.05) is 12.0 Å². The van der Waals surface area contributed by atoms with E-state index < -0.39 is 0 Å². The van der Waals surface area contributed by atoms with Crippen molar-refractivity contribution in [3.63, 3.8) is 0 Å². The first kappa shape index (κ1) is 18.1. The summed E-state index contributed by atoms with van der Waals surface area (Å²) in [6, 6.07) is 25.9. The van der Waals surface area contributed by atoms with Crippen molar-refractivity contribution < 1.29 is 4.79 Å². The fraction of sp³-hybridized carbons (Fsp3) is 0.0870. The molecule has 0 fully saturated rings. The minimum atomic E-state index is -0.183. The largest absolute Gasteiger partial charge is 0.296 e. The summed E-state index contributed by atoms with van der Waals surface area (Å²) in [6.07, 6.45) is 0.709. The number of carbonyl (C=O) groups excluding carboxylic acids is 1. The van der Waals surface area contributed by atoms with Crippen LogP contribution in [-0.4, -0.2) is 16.1 Å². The van der Waals surface area contributed by atoms with Gasteiger partial charge in [-0.05, 0) is 35.7 Å². The number of hydrogen-bond acceptors (Lipinski definition) is 4. The smallest absolute Gasteiger partial charge is 0.257 e. The van der Waals surface area contributed by atoms with E-state index in [4.69, 9.17) is 0 Å². The lowest BCUT2D eigenvalue weighted by Gasteiger charge is -2.04. The van der Waals surface area contributed by atoms with E-state index >= 15 is 0 Å². The monoisotopic (exact) mass is 385 g/mol. The number of carbonyl (C=O) groups is 1. The van der Waals surface area contributed by atoms with Crippen LogP contribution in [0.3, 0.4) is 0 Å². The SMILES string of the molecule is Cc1cccc(Cc2nnc(NC(=O)c3ccc(-c4ccccc4)cc3)s2)c1. The van der Waals surface area contributed by atoms with Crippen LogP contribution in [0.4, 0.5) is 5.13 Å². The maximum atomic E-state index is 12.5. The first-order chi connectivity index (χ1) is 13.7. The zero-order valence-electron chi connectivity index (χ0n) is 15.4. The van der Waals surface area contributed by atoms with E-state index in [1.807, 2.05) is 60.7 Å². The van der Waals surface area contributed by atoms with Crippen LogP contribution in [0.2, 0.25) is 0 Å². The average Bonchev–Trinajstić information content (AvgIpc) is 3.15. The average molecular weight is 385 g/mol. The lowest BCUT2D eigenvalue weighted by molar-refractivity contribution is 0.102. The summed E-state index contributed by atoms with van der Waals surface area (Å²) in [4.78, 5) is 12.5. The molecule has 1 aromatic heterocycles. The third-order valence-electron chi connectivity index (χ3n) is 4.38. The molecule has 4 nitrogen and oxygen atoms in total. The third kappa shape index (κ3) is 4.32. The topological polar surface area (TPSA) is 54.9 Å². The molecule has 0 atom stereocenters. The van der Waals surface area contributed by atoms with Gasteiger partial charge in [0.05, 0.1) is 0 Å². The van der Waals surface area contributed by atoms with Crippen LogP contribution in [0.1, 0.15) is 26.5 Å². The number of nitrogens with zero attached hydrogens (tertiary/aromatic N) is 2. The second kappa shape index (κ2) is 8.15. The number of amides is 1. The summed E-state index contributed by atoms with van der Waals surface area (Å²) in [5, 5.41) is 12.5. The fourth-order valence-electron chi connectivity index (χ4n) is 2.99. The number of aromatic nitrogens is 2. The lowest BCUT2D eigenvalue weighted by Crippen LogP contribution is -2.11. The van der Waals surface area contributed by atoms with Crippen molar-refractivity contribution in [1.82, 2.24) is 10.2 Å². The van der Waals surface area contributed by atoms with Gasteiger partial charge in [0.1, 0.15) is 5.01 Å². The van der Waals surface area contributed by atoms with E-state index in [0.29, 0.717) is 17.1 Å². The number of rotatable bonds is 5. The molecule has 0 saturated heterocycles. The lowest BCUT2D eigenvalue weighted by atomic mass is 10.0. The van der Waals surface area contributed by atoms with Gasteiger partial charge < -0.3 is 0 Å². The number of hydrogen-bond donors (Lipinski definition) is 1. The Morgan fingerprint density at radius 3 is 2.39 bits per heavy atom. The first-order valence-electron chi connectivity index (χ1n) is 9.02. The van der Waals surface area contributed by atoms with E-state index in [1.54, 1.807) is 0 Å². The molecule has 0 aliphatic carbocycles. The van der Waals surface area contributed by atoms with Gasteiger partial charge in [0.15, 0.2) is 0 Å². The highest BCUT2D eigenvalue weighted by atomic mass is 32.1. The summed E-state index contributed by atoms with van der Waals surface area (Å²) >= 11 is 1.40. The zero-order valence-corrected chi connectivity index (χ0v) is 16.2. The molecule has 0 aliphatic rings. The summed E-state index contributed by atoms with van der Waals surface area (Å²) in [5.41, 5.74) is 5.20. The second-order valence-electron chi connectivity index (χ2n) is 6.56. The normalized spacial score (nSPS) is 10.6. The van der Waals surface area contributed by atoms with Gasteiger partial charge >= 0.3 is 0 Å². The molecule has 28 heavy (non-hydrogen) atoms. The molecule has 0 radical (unpaired) electrons. The van der Waals surface area contributed by atoms with Crippen molar-refractivity contribution in [2.45, 2.75) is 13.3 Å². The quantitative estimate of drug-likeness (QED) is 0.503. The van der Waals surface area contributed by atoms with Gasteiger partial charge in [-0.1, -0.05) is 83.6 Å². The number of nitrogens with one attached hydrogen (secondary N) is 1. The Labute approximate surface area is 167 Å². The van der Waals surface area contributed by atoms with Crippen LogP contribution in [0, 0.1) is 6.92 Å². The Morgan fingerprint density at radius 1 is 0.893 bits per heavy atom. The standard InChI is InChI=1S/C23H19N3OS/c1-16-6-5-7-17(14-16)15-21-25-26-23(28-21)24-22(27)20-12-10-19(11-13-20)18-8-3-2-4-9-18/h2-14H,15H2,1H3,(H,24,26,27). The molecule has 4 aromatic rings. The predicted octanol–water partition coefficient (Wildman–Crippen LogP) is 5.36. The van der Waals surface area contributed by atoms with E-state index in [-0.39, 0.29) is 5.91 Å². The second-order valence-corrected chi connectivity index (χ2v) is 7.63. The Bertz CT molecular complexity index is 1090. The van der Waals surface area contributed by atoms with E-state index in [0.717, 1.165) is 16.1 Å². The van der Waals surface area contributed by atoms with Crippen molar-refractivity contribution in [3.8, 4) is 11.1 Å². The molecule has 1 amide bonds. The molecule has 3 aromatic carbocycles. The van der Waals surface area contributed by atoms with Gasteiger partial charge in [0.2, 0.25) is 5.13 Å². The highest BCUT2D eigenvalue weighted by molar-refractivity contribution is 7.15. The van der Waals surface area contributed by atoms with Crippen LogP contribution in [0.25, 0.3) is 11.1 Å². The molecule has 0 aliphatic heterocycles. The molecule has 4 rings (SSSR count). The van der Waals surface area contributed by atoms with Crippen molar-refractivity contribution in [2.24, 2.45) is 0 Å². The summed E-state index contributed by atoms with van der Waals surface area (Å²) < 4.78 is 0. The maximum Gasteiger partial charge on any atom is 0.257 e. The Hall–Kier alpha value is -3.31. The molecule has 0 bridgehead atoms. The van der Waals surface area contributed by atoms with E-state index in [9.17, 15) is 4.79 Å². The maximum absolute atomic E-state index is 12.5. The number of anilines is 1. The van der Waals surface area contributed by atoms with Gasteiger partial charge in [0.25, 0.3) is 5.91 Å². The summed E-state index contributed by atoms with van der Waals surface area (Å²) in [6.45, 7) is 2.07. The predicted molar refractivity (Wildman–Crippen MR) is 114 cm³/mol. The molecular weight excluding hydrogens is 366 g/mol. The molecule has 138 valence electrons. The molecule has 0 saturated carbocycles. The molecule has 1 N–H and O–H groups in total. The molecule has 5 heteroatoms. The van der Waals surface area contributed by atoms with Gasteiger partial charge in [-0.25, -0.2) is 0 Å². The minimum Gasteiger partial charge on any atom is -0.296 e. The van der Waals surface area contributed by atoms with Crippen molar-refractivity contribution >= 4 is 22.4 Å². The Kier molecular flexibility index (Phi) is 5.26. The van der Waals surface area contributed by atoms with Gasteiger partial charge in [-0.15, -0.1) is 10.2 Å². The first-order valence-corrected chi connectivity index (χ1v) is 9.84. The van der Waals surface area contributed by atoms with E-state index in [2.05, 4.69) is 40.6 Å². The Morgan fingerprint density at radius 2 is 1.64 bits per heavy atom. The van der Waals surface area contributed by atoms with Crippen LogP contribution in [0.15, 0.2) is 78.9 Å². The van der Waals surface area contributed by atoms with Gasteiger partial charge in [-0.2, -0.15) is 0 Å². The van der Waals surface area contributed by atoms with Crippen LogP contribution < -0.4 is 5.32 Å². The highest BCUT2D eigenvalue weighted by Gasteiger charge is 2.11. The van der Waals surface area contributed by atoms with Crippen molar-refractivity contribution in [1.29, 1.82) is 0 Å². The van der Waals surface area contributed by atoms with Crippen LogP contribution in [-0.2, 0) is 6.42 Å². The number of benzene rings is 3. The van der Waals surface area contributed by atoms with Crippen molar-refractivity contribution in [3.05, 3.63) is 101 Å².